The van der Waals surface area contributed by atoms with Crippen molar-refractivity contribution in [1.29, 1.82) is 5.26 Å². The third-order valence-electron chi connectivity index (χ3n) is 2.88. The molecule has 0 N–H and O–H groups in total. The number of hydrogen-bond donors (Lipinski definition) is 0. The van der Waals surface area contributed by atoms with Gasteiger partial charge in [0.1, 0.15) is 5.82 Å². The fourth-order valence-electron chi connectivity index (χ4n) is 1.90. The molecule has 1 saturated heterocycles. The molecule has 0 aliphatic carbocycles. The maximum Gasteiger partial charge on any atom is 0.127 e. The van der Waals surface area contributed by atoms with E-state index in [9.17, 15) is 4.39 Å². The predicted octanol–water partition coefficient (Wildman–Crippen LogP) is 3.06. The van der Waals surface area contributed by atoms with Crippen LogP contribution in [0.25, 0.3) is 0 Å². The highest BCUT2D eigenvalue weighted by atomic mass is 79.9. The van der Waals surface area contributed by atoms with Gasteiger partial charge in [-0.3, -0.25) is 0 Å². The van der Waals surface area contributed by atoms with E-state index in [1.807, 2.05) is 0 Å². The molecule has 16 heavy (non-hydrogen) atoms. The lowest BCUT2D eigenvalue weighted by atomic mass is 9.82. The second kappa shape index (κ2) is 4.52. The van der Waals surface area contributed by atoms with Crippen LogP contribution < -0.4 is 0 Å². The highest BCUT2D eigenvalue weighted by Gasteiger charge is 2.35. The zero-order chi connectivity index (χ0) is 11.6. The van der Waals surface area contributed by atoms with Gasteiger partial charge < -0.3 is 4.74 Å². The van der Waals surface area contributed by atoms with E-state index in [4.69, 9.17) is 10.00 Å². The van der Waals surface area contributed by atoms with E-state index in [-0.39, 0.29) is 5.82 Å². The summed E-state index contributed by atoms with van der Waals surface area (Å²) in [4.78, 5) is 0. The van der Waals surface area contributed by atoms with E-state index in [1.54, 1.807) is 12.1 Å². The molecule has 0 amide bonds. The summed E-state index contributed by atoms with van der Waals surface area (Å²) in [5.74, 6) is -0.268. The Balaban J connectivity index is 2.23. The Hall–Kier alpha value is -0.920. The van der Waals surface area contributed by atoms with E-state index < -0.39 is 5.41 Å². The van der Waals surface area contributed by atoms with Gasteiger partial charge in [0.15, 0.2) is 0 Å². The fourth-order valence-corrected chi connectivity index (χ4v) is 2.24. The van der Waals surface area contributed by atoms with Crippen LogP contribution in [0.1, 0.15) is 12.0 Å². The summed E-state index contributed by atoms with van der Waals surface area (Å²) in [6.07, 6.45) is 1.10. The fraction of sp³-hybridized carbons (Fsp3) is 0.417. The van der Waals surface area contributed by atoms with Crippen molar-refractivity contribution in [3.8, 4) is 6.07 Å². The standard InChI is InChI=1S/C12H11BrFNO/c13-10-2-1-9(11(14)5-10)6-12(7-15)3-4-16-8-12/h1-2,5H,3-4,6,8H2. The van der Waals surface area contributed by atoms with Crippen molar-refractivity contribution in [2.45, 2.75) is 12.8 Å². The van der Waals surface area contributed by atoms with Gasteiger partial charge in [0.2, 0.25) is 0 Å². The molecule has 2 nitrogen and oxygen atoms in total. The van der Waals surface area contributed by atoms with E-state index in [2.05, 4.69) is 22.0 Å². The Labute approximate surface area is 102 Å². The number of benzene rings is 1. The second-order valence-corrected chi connectivity index (χ2v) is 5.02. The first-order valence-corrected chi connectivity index (χ1v) is 5.87. The summed E-state index contributed by atoms with van der Waals surface area (Å²) in [5, 5.41) is 9.16. The Bertz CT molecular complexity index is 435. The monoisotopic (exact) mass is 283 g/mol. The molecule has 1 heterocycles. The van der Waals surface area contributed by atoms with Crippen molar-refractivity contribution in [2.75, 3.05) is 13.2 Å². The summed E-state index contributed by atoms with van der Waals surface area (Å²) in [5.41, 5.74) is 0.0320. The van der Waals surface area contributed by atoms with Crippen LogP contribution in [0.3, 0.4) is 0 Å². The lowest BCUT2D eigenvalue weighted by molar-refractivity contribution is 0.171. The summed E-state index contributed by atoms with van der Waals surface area (Å²) < 4.78 is 19.6. The molecule has 0 spiro atoms. The molecule has 84 valence electrons. The van der Waals surface area contributed by atoms with Gasteiger partial charge in [-0.2, -0.15) is 5.26 Å². The van der Waals surface area contributed by atoms with E-state index >= 15 is 0 Å². The van der Waals surface area contributed by atoms with Gasteiger partial charge >= 0.3 is 0 Å². The van der Waals surface area contributed by atoms with Crippen molar-refractivity contribution in [3.05, 3.63) is 34.1 Å². The maximum absolute atomic E-state index is 13.6. The molecule has 1 unspecified atom stereocenters. The summed E-state index contributed by atoms with van der Waals surface area (Å²) in [6.45, 7) is 0.991. The third kappa shape index (κ3) is 2.26. The summed E-state index contributed by atoms with van der Waals surface area (Å²) in [7, 11) is 0. The zero-order valence-electron chi connectivity index (χ0n) is 8.67. The number of nitrogens with zero attached hydrogens (tertiary/aromatic N) is 1. The molecule has 1 aromatic rings. The molecule has 0 radical (unpaired) electrons. The van der Waals surface area contributed by atoms with Gasteiger partial charge in [0.05, 0.1) is 18.1 Å². The van der Waals surface area contributed by atoms with Crippen LogP contribution >= 0.6 is 15.9 Å². The Morgan fingerprint density at radius 1 is 1.56 bits per heavy atom. The molecule has 2 rings (SSSR count). The van der Waals surface area contributed by atoms with Crippen LogP contribution in [-0.4, -0.2) is 13.2 Å². The first-order chi connectivity index (χ1) is 7.65. The van der Waals surface area contributed by atoms with Crippen LogP contribution in [0.2, 0.25) is 0 Å². The Kier molecular flexibility index (Phi) is 3.27. The van der Waals surface area contributed by atoms with Crippen LogP contribution in [-0.2, 0) is 11.2 Å². The minimum atomic E-state index is -0.547. The molecule has 1 aliphatic heterocycles. The normalized spacial score (nSPS) is 24.3. The number of hydrogen-bond acceptors (Lipinski definition) is 2. The highest BCUT2D eigenvalue weighted by Crippen LogP contribution is 2.33. The van der Waals surface area contributed by atoms with E-state index in [1.165, 1.54) is 6.07 Å². The van der Waals surface area contributed by atoms with Gasteiger partial charge in [0, 0.05) is 11.1 Å². The number of nitriles is 1. The van der Waals surface area contributed by atoms with Crippen LogP contribution in [0.4, 0.5) is 4.39 Å². The van der Waals surface area contributed by atoms with Gasteiger partial charge in [-0.25, -0.2) is 4.39 Å². The first-order valence-electron chi connectivity index (χ1n) is 5.08. The van der Waals surface area contributed by atoms with Crippen LogP contribution in [0.15, 0.2) is 22.7 Å². The van der Waals surface area contributed by atoms with Crippen molar-refractivity contribution in [3.63, 3.8) is 0 Å². The molecule has 1 fully saturated rings. The van der Waals surface area contributed by atoms with Crippen molar-refractivity contribution in [2.24, 2.45) is 5.41 Å². The van der Waals surface area contributed by atoms with Crippen molar-refractivity contribution in [1.82, 2.24) is 0 Å². The highest BCUT2D eigenvalue weighted by molar-refractivity contribution is 9.10. The average Bonchev–Trinajstić information content (AvgIpc) is 2.72. The minimum absolute atomic E-state index is 0.268. The summed E-state index contributed by atoms with van der Waals surface area (Å²) in [6, 6.07) is 7.20. The van der Waals surface area contributed by atoms with Crippen molar-refractivity contribution < 1.29 is 9.13 Å². The number of rotatable bonds is 2. The largest absolute Gasteiger partial charge is 0.380 e. The van der Waals surface area contributed by atoms with E-state index in [0.717, 1.165) is 0 Å². The van der Waals surface area contributed by atoms with Gasteiger partial charge in [-0.05, 0) is 30.5 Å². The van der Waals surface area contributed by atoms with Crippen LogP contribution in [0, 0.1) is 22.6 Å². The van der Waals surface area contributed by atoms with Crippen LogP contribution in [0.5, 0.6) is 0 Å². The van der Waals surface area contributed by atoms with Crippen molar-refractivity contribution >= 4 is 15.9 Å². The Morgan fingerprint density at radius 2 is 2.38 bits per heavy atom. The minimum Gasteiger partial charge on any atom is -0.380 e. The Morgan fingerprint density at radius 3 is 2.94 bits per heavy atom. The summed E-state index contributed by atoms with van der Waals surface area (Å²) >= 11 is 3.21. The lowest BCUT2D eigenvalue weighted by Gasteiger charge is -2.18. The lowest BCUT2D eigenvalue weighted by Crippen LogP contribution is -2.22. The topological polar surface area (TPSA) is 33.0 Å². The number of halogens is 2. The average molecular weight is 284 g/mol. The van der Waals surface area contributed by atoms with Gasteiger partial charge in [-0.1, -0.05) is 22.0 Å². The zero-order valence-corrected chi connectivity index (χ0v) is 10.3. The molecule has 1 aromatic carbocycles. The van der Waals surface area contributed by atoms with Gasteiger partial charge in [0.25, 0.3) is 0 Å². The van der Waals surface area contributed by atoms with Gasteiger partial charge in [-0.15, -0.1) is 0 Å². The second-order valence-electron chi connectivity index (χ2n) is 4.11. The van der Waals surface area contributed by atoms with E-state index in [0.29, 0.717) is 36.1 Å². The molecule has 0 bridgehead atoms. The molecule has 0 aromatic heterocycles. The predicted molar refractivity (Wildman–Crippen MR) is 61.3 cm³/mol. The SMILES string of the molecule is N#CC1(Cc2ccc(Br)cc2F)CCOC1. The quantitative estimate of drug-likeness (QED) is 0.836. The first kappa shape index (κ1) is 11.6. The molecule has 1 atom stereocenters. The molecule has 4 heteroatoms. The number of ether oxygens (including phenoxy) is 1. The third-order valence-corrected chi connectivity index (χ3v) is 3.38. The molecule has 0 saturated carbocycles. The molecular formula is C12H11BrFNO. The molecular weight excluding hydrogens is 273 g/mol. The smallest absolute Gasteiger partial charge is 0.127 e. The maximum atomic E-state index is 13.6. The molecule has 1 aliphatic rings.